The zero-order chi connectivity index (χ0) is 45.0. The summed E-state index contributed by atoms with van der Waals surface area (Å²) in [7, 11) is 0. The Hall–Kier alpha value is -1.12. The fourth-order valence-electron chi connectivity index (χ4n) is 7.12. The van der Waals surface area contributed by atoms with Crippen LogP contribution in [0.2, 0.25) is 0 Å². The van der Waals surface area contributed by atoms with Gasteiger partial charge in [0.1, 0.15) is 128 Å². The molecule has 0 aromatic heterocycles. The molecule has 0 spiro atoms. The highest BCUT2D eigenvalue weighted by molar-refractivity contribution is 4.97. The Labute approximate surface area is 345 Å². The molecule has 5 aliphatic heterocycles. The van der Waals surface area contributed by atoms with Crippen LogP contribution in [0.3, 0.4) is 0 Å². The molecule has 0 aromatic rings. The fraction of sp³-hybridized carbons (Fsp3) is 1.00. The lowest BCUT2D eigenvalue weighted by molar-refractivity contribution is -0.376. The van der Waals surface area contributed by atoms with Gasteiger partial charge >= 0.3 is 0 Å². The van der Waals surface area contributed by atoms with Crippen molar-refractivity contribution in [2.75, 3.05) is 46.2 Å². The molecule has 5 heterocycles. The molecule has 0 aliphatic carbocycles. The Morgan fingerprint density at radius 2 is 0.918 bits per heavy atom. The predicted molar refractivity (Wildman–Crippen MR) is 183 cm³/mol. The highest BCUT2D eigenvalue weighted by Gasteiger charge is 2.54. The van der Waals surface area contributed by atoms with Gasteiger partial charge in [0.05, 0.1) is 46.2 Å². The maximum absolute atomic E-state index is 11.4. The van der Waals surface area contributed by atoms with E-state index in [-0.39, 0.29) is 0 Å². The Bertz CT molecular complexity index is 1310. The van der Waals surface area contributed by atoms with Gasteiger partial charge in [-0.2, -0.15) is 0 Å². The van der Waals surface area contributed by atoms with Crippen LogP contribution in [0.1, 0.15) is 0 Å². The second kappa shape index (κ2) is 22.4. The monoisotopic (exact) mass is 902 g/mol. The van der Waals surface area contributed by atoms with Crippen molar-refractivity contribution in [2.45, 2.75) is 160 Å². The van der Waals surface area contributed by atoms with Gasteiger partial charge in [-0.05, 0) is 0 Å². The smallest absolute Gasteiger partial charge is 0.187 e. The first-order valence-corrected chi connectivity index (χ1v) is 19.3. The SMILES string of the molecule is OC[C@@H](O)[C@@H](O[C@@H]1O[C@H](CO[C@H]2OC[C@@H](O)[C@H](O)[C@H]2O)[C@@H](O[C@@H]2O[C@H](CO[C@H]3OC[C@@H](O)[C@H](O)[C@H]3O[C@@H]3O[C@@H](CO)[C@H](O)[C@H]3O)[C@@H](O)[C@H](O)[C@H]2O)[C@H](O)[C@H]1O)[C@H](O)[C@@H](O)CO. The molecule has 5 fully saturated rings. The van der Waals surface area contributed by atoms with E-state index in [0.29, 0.717) is 0 Å². The van der Waals surface area contributed by atoms with Crippen LogP contribution in [0.25, 0.3) is 0 Å². The second-order valence-electron chi connectivity index (χ2n) is 15.2. The molecule has 0 bridgehead atoms. The standard InChI is InChI=1S/C33H58O28/c34-1-8(37)16(42)26(9(38)2-35)59-32-25(51)21(47)27(14(58-32)7-54-29-22(48)15(41)10(39)4-52-29)60-31-24(50)20(46)19(45)13(57-31)6-55-33-28(17(43)11(40)5-53-33)61-30-23(49)18(44)12(3-36)56-30/h8-51H,1-7H2/t8-,9+,10+,11+,12-,13+,14+,15-,16+,17-,18-,19+,20-,21+,22+,23+,24+,25+,26+,27+,28+,29+,30-,31-,32-,33+/m0/s1. The molecular formula is C33H58O28. The fourth-order valence-corrected chi connectivity index (χ4v) is 7.12. The highest BCUT2D eigenvalue weighted by Crippen LogP contribution is 2.33. The normalized spacial score (nSPS) is 48.1. The molecule has 0 aromatic carbocycles. The first-order chi connectivity index (χ1) is 28.8. The van der Waals surface area contributed by atoms with Gasteiger partial charge in [-0.25, -0.2) is 0 Å². The molecule has 0 unspecified atom stereocenters. The molecule has 0 amide bonds. The third-order valence-electron chi connectivity index (χ3n) is 10.9. The lowest BCUT2D eigenvalue weighted by atomic mass is 9.96. The van der Waals surface area contributed by atoms with Crippen molar-refractivity contribution in [2.24, 2.45) is 0 Å². The number of aliphatic hydroxyl groups excluding tert-OH is 18. The summed E-state index contributed by atoms with van der Waals surface area (Å²) in [6, 6.07) is 0. The Balaban J connectivity index is 1.32. The Kier molecular flexibility index (Phi) is 18.7. The van der Waals surface area contributed by atoms with E-state index in [2.05, 4.69) is 0 Å². The van der Waals surface area contributed by atoms with E-state index >= 15 is 0 Å². The van der Waals surface area contributed by atoms with Crippen LogP contribution in [0.15, 0.2) is 0 Å². The third kappa shape index (κ3) is 11.5. The molecule has 28 nitrogen and oxygen atoms in total. The molecule has 5 aliphatic rings. The van der Waals surface area contributed by atoms with Crippen molar-refractivity contribution >= 4 is 0 Å². The molecule has 5 saturated heterocycles. The van der Waals surface area contributed by atoms with Crippen LogP contribution in [0.4, 0.5) is 0 Å². The van der Waals surface area contributed by atoms with Crippen LogP contribution in [0, 0.1) is 0 Å². The van der Waals surface area contributed by atoms with Crippen molar-refractivity contribution in [1.82, 2.24) is 0 Å². The van der Waals surface area contributed by atoms with Crippen LogP contribution in [0.5, 0.6) is 0 Å². The number of hydrogen-bond donors (Lipinski definition) is 18. The lowest BCUT2D eigenvalue weighted by Gasteiger charge is -2.47. The van der Waals surface area contributed by atoms with Gasteiger partial charge in [-0.1, -0.05) is 0 Å². The first kappa shape index (κ1) is 50.9. The number of hydrogen-bond acceptors (Lipinski definition) is 28. The van der Waals surface area contributed by atoms with Crippen molar-refractivity contribution < 1.29 is 139 Å². The molecule has 18 N–H and O–H groups in total. The Morgan fingerprint density at radius 1 is 0.443 bits per heavy atom. The van der Waals surface area contributed by atoms with Gasteiger partial charge in [0.25, 0.3) is 0 Å². The minimum Gasteiger partial charge on any atom is -0.394 e. The van der Waals surface area contributed by atoms with Crippen molar-refractivity contribution in [3.05, 3.63) is 0 Å². The van der Waals surface area contributed by atoms with Gasteiger partial charge < -0.3 is 139 Å². The summed E-state index contributed by atoms with van der Waals surface area (Å²) in [6.07, 6.45) is -47.7. The van der Waals surface area contributed by atoms with Crippen LogP contribution in [-0.2, 0) is 47.4 Å². The van der Waals surface area contributed by atoms with Gasteiger partial charge in [0, 0.05) is 0 Å². The molecule has 61 heavy (non-hydrogen) atoms. The minimum absolute atomic E-state index is 0.513. The van der Waals surface area contributed by atoms with E-state index < -0.39 is 206 Å². The Morgan fingerprint density at radius 3 is 1.52 bits per heavy atom. The topological polar surface area (TPSA) is 456 Å². The van der Waals surface area contributed by atoms with Gasteiger partial charge in [-0.3, -0.25) is 0 Å². The molecule has 0 saturated carbocycles. The van der Waals surface area contributed by atoms with Gasteiger partial charge in [0.15, 0.2) is 31.5 Å². The molecule has 5 rings (SSSR count). The second-order valence-corrected chi connectivity index (χ2v) is 15.2. The summed E-state index contributed by atoms with van der Waals surface area (Å²) in [5.74, 6) is 0. The summed E-state index contributed by atoms with van der Waals surface area (Å²) in [4.78, 5) is 0. The van der Waals surface area contributed by atoms with Crippen LogP contribution in [-0.4, -0.2) is 298 Å². The third-order valence-corrected chi connectivity index (χ3v) is 10.9. The molecule has 0 radical (unpaired) electrons. The maximum atomic E-state index is 11.4. The summed E-state index contributed by atoms with van der Waals surface area (Å²) >= 11 is 0. The molecule has 26 atom stereocenters. The van der Waals surface area contributed by atoms with E-state index in [9.17, 15) is 91.9 Å². The average Bonchev–Trinajstić information content (AvgIpc) is 3.52. The van der Waals surface area contributed by atoms with Crippen LogP contribution < -0.4 is 0 Å². The van der Waals surface area contributed by atoms with E-state index in [0.717, 1.165) is 0 Å². The van der Waals surface area contributed by atoms with Crippen molar-refractivity contribution in [3.8, 4) is 0 Å². The zero-order valence-electron chi connectivity index (χ0n) is 32.1. The van der Waals surface area contributed by atoms with Crippen molar-refractivity contribution in [1.29, 1.82) is 0 Å². The first-order valence-electron chi connectivity index (χ1n) is 19.3. The summed E-state index contributed by atoms with van der Waals surface area (Å²) in [6.45, 7) is -5.48. The van der Waals surface area contributed by atoms with E-state index in [1.165, 1.54) is 0 Å². The maximum Gasteiger partial charge on any atom is 0.187 e. The molecule has 358 valence electrons. The zero-order valence-corrected chi connectivity index (χ0v) is 32.1. The summed E-state index contributed by atoms with van der Waals surface area (Å²) < 4.78 is 55.4. The molecular weight excluding hydrogens is 844 g/mol. The average molecular weight is 903 g/mol. The number of aliphatic hydroxyl groups is 18. The van der Waals surface area contributed by atoms with E-state index in [1.54, 1.807) is 0 Å². The minimum atomic E-state index is -2.21. The number of ether oxygens (including phenoxy) is 10. The highest BCUT2D eigenvalue weighted by atomic mass is 16.8. The quantitative estimate of drug-likeness (QED) is 0.0607. The summed E-state index contributed by atoms with van der Waals surface area (Å²) in [5, 5.41) is 186. The van der Waals surface area contributed by atoms with Gasteiger partial charge in [-0.15, -0.1) is 0 Å². The van der Waals surface area contributed by atoms with E-state index in [1.807, 2.05) is 0 Å². The van der Waals surface area contributed by atoms with Gasteiger partial charge in [0.2, 0.25) is 0 Å². The van der Waals surface area contributed by atoms with Crippen LogP contribution >= 0.6 is 0 Å². The summed E-state index contributed by atoms with van der Waals surface area (Å²) in [5.41, 5.74) is 0. The predicted octanol–water partition coefficient (Wildman–Crippen LogP) is -12.5. The molecule has 28 heteroatoms. The van der Waals surface area contributed by atoms with E-state index in [4.69, 9.17) is 47.4 Å². The lowest BCUT2D eigenvalue weighted by Crippen LogP contribution is -2.66. The number of rotatable bonds is 18. The largest absolute Gasteiger partial charge is 0.394 e. The van der Waals surface area contributed by atoms with Crippen molar-refractivity contribution in [3.63, 3.8) is 0 Å².